The fraction of sp³-hybridized carbons (Fsp3) is 0.833. The zero-order chi connectivity index (χ0) is 11.8. The lowest BCUT2D eigenvalue weighted by Gasteiger charge is -2.23. The molecule has 0 spiro atoms. The largest absolute Gasteiger partial charge is 0.355 e. The zero-order valence-electron chi connectivity index (χ0n) is 9.96. The molecular formula is C12H21N3O. The second-order valence-electron chi connectivity index (χ2n) is 4.52. The molecule has 1 aliphatic rings. The predicted octanol–water partition coefficient (Wildman–Crippen LogP) is 1.18. The van der Waals surface area contributed by atoms with Crippen LogP contribution in [0.3, 0.4) is 0 Å². The SMILES string of the molecule is CC(C#N)CNC(=O)CCC1CCCCN1. The summed E-state index contributed by atoms with van der Waals surface area (Å²) in [7, 11) is 0. The molecule has 16 heavy (non-hydrogen) atoms. The van der Waals surface area contributed by atoms with E-state index in [9.17, 15) is 4.79 Å². The summed E-state index contributed by atoms with van der Waals surface area (Å²) < 4.78 is 0. The van der Waals surface area contributed by atoms with E-state index >= 15 is 0 Å². The van der Waals surface area contributed by atoms with Crippen molar-refractivity contribution in [1.82, 2.24) is 10.6 Å². The van der Waals surface area contributed by atoms with Crippen LogP contribution >= 0.6 is 0 Å². The maximum absolute atomic E-state index is 11.5. The Morgan fingerprint density at radius 3 is 3.06 bits per heavy atom. The summed E-state index contributed by atoms with van der Waals surface area (Å²) in [6.07, 6.45) is 5.18. The maximum Gasteiger partial charge on any atom is 0.220 e. The van der Waals surface area contributed by atoms with E-state index in [4.69, 9.17) is 5.26 Å². The predicted molar refractivity (Wildman–Crippen MR) is 62.7 cm³/mol. The third-order valence-electron chi connectivity index (χ3n) is 2.96. The van der Waals surface area contributed by atoms with E-state index in [-0.39, 0.29) is 11.8 Å². The molecule has 0 aromatic heterocycles. The van der Waals surface area contributed by atoms with Crippen LogP contribution in [0.2, 0.25) is 0 Å². The van der Waals surface area contributed by atoms with Crippen LogP contribution < -0.4 is 10.6 Å². The Hall–Kier alpha value is -1.08. The molecule has 1 amide bonds. The van der Waals surface area contributed by atoms with Crippen LogP contribution in [-0.4, -0.2) is 25.0 Å². The minimum atomic E-state index is -0.100. The van der Waals surface area contributed by atoms with E-state index in [2.05, 4.69) is 16.7 Å². The third-order valence-corrected chi connectivity index (χ3v) is 2.96. The molecule has 2 atom stereocenters. The minimum absolute atomic E-state index is 0.0643. The first-order chi connectivity index (χ1) is 7.72. The van der Waals surface area contributed by atoms with Crippen molar-refractivity contribution in [3.8, 4) is 6.07 Å². The first-order valence-electron chi connectivity index (χ1n) is 6.12. The van der Waals surface area contributed by atoms with Gasteiger partial charge in [0.2, 0.25) is 5.91 Å². The Bertz CT molecular complexity index is 253. The Balaban J connectivity index is 2.07. The lowest BCUT2D eigenvalue weighted by molar-refractivity contribution is -0.121. The molecule has 1 aliphatic heterocycles. The second kappa shape index (κ2) is 7.24. The molecule has 1 fully saturated rings. The number of carbonyl (C=O) groups excluding carboxylic acids is 1. The van der Waals surface area contributed by atoms with Gasteiger partial charge in [-0.05, 0) is 32.7 Å². The highest BCUT2D eigenvalue weighted by molar-refractivity contribution is 5.75. The minimum Gasteiger partial charge on any atom is -0.355 e. The maximum atomic E-state index is 11.5. The molecule has 1 rings (SSSR count). The van der Waals surface area contributed by atoms with Crippen LogP contribution in [0, 0.1) is 17.2 Å². The molecule has 4 nitrogen and oxygen atoms in total. The van der Waals surface area contributed by atoms with Crippen LogP contribution in [0.4, 0.5) is 0 Å². The van der Waals surface area contributed by atoms with Gasteiger partial charge in [0.05, 0.1) is 12.0 Å². The number of hydrogen-bond donors (Lipinski definition) is 2. The summed E-state index contributed by atoms with van der Waals surface area (Å²) in [6, 6.07) is 2.61. The topological polar surface area (TPSA) is 64.9 Å². The first-order valence-corrected chi connectivity index (χ1v) is 6.12. The highest BCUT2D eigenvalue weighted by Gasteiger charge is 2.14. The molecular weight excluding hydrogens is 202 g/mol. The van der Waals surface area contributed by atoms with Gasteiger partial charge in [-0.3, -0.25) is 4.79 Å². The van der Waals surface area contributed by atoms with E-state index in [0.29, 0.717) is 19.0 Å². The number of rotatable bonds is 5. The van der Waals surface area contributed by atoms with Crippen molar-refractivity contribution in [2.24, 2.45) is 5.92 Å². The molecule has 90 valence electrons. The van der Waals surface area contributed by atoms with Crippen LogP contribution in [0.15, 0.2) is 0 Å². The quantitative estimate of drug-likeness (QED) is 0.735. The molecule has 0 aromatic carbocycles. The zero-order valence-corrected chi connectivity index (χ0v) is 9.96. The van der Waals surface area contributed by atoms with Gasteiger partial charge in [-0.25, -0.2) is 0 Å². The van der Waals surface area contributed by atoms with E-state index in [1.807, 2.05) is 6.92 Å². The molecule has 0 radical (unpaired) electrons. The van der Waals surface area contributed by atoms with Gasteiger partial charge in [0.15, 0.2) is 0 Å². The average molecular weight is 223 g/mol. The molecule has 0 aliphatic carbocycles. The second-order valence-corrected chi connectivity index (χ2v) is 4.52. The van der Waals surface area contributed by atoms with Crippen LogP contribution in [0.5, 0.6) is 0 Å². The normalized spacial score (nSPS) is 22.1. The van der Waals surface area contributed by atoms with Gasteiger partial charge in [0, 0.05) is 19.0 Å². The standard InChI is InChI=1S/C12H21N3O/c1-10(8-13)9-15-12(16)6-5-11-4-2-3-7-14-11/h10-11,14H,2-7,9H2,1H3,(H,15,16). The molecule has 2 unspecified atom stereocenters. The van der Waals surface area contributed by atoms with Gasteiger partial charge >= 0.3 is 0 Å². The van der Waals surface area contributed by atoms with Crippen molar-refractivity contribution < 1.29 is 4.79 Å². The number of nitrogens with zero attached hydrogens (tertiary/aromatic N) is 1. The number of nitriles is 1. The van der Waals surface area contributed by atoms with E-state index in [1.54, 1.807) is 0 Å². The van der Waals surface area contributed by atoms with Crippen LogP contribution in [0.25, 0.3) is 0 Å². The Morgan fingerprint density at radius 2 is 2.44 bits per heavy atom. The summed E-state index contributed by atoms with van der Waals surface area (Å²) in [5, 5.41) is 14.8. The molecule has 0 aromatic rings. The van der Waals surface area contributed by atoms with Crippen LogP contribution in [-0.2, 0) is 4.79 Å². The summed E-state index contributed by atoms with van der Waals surface area (Å²) in [6.45, 7) is 3.36. The van der Waals surface area contributed by atoms with Gasteiger partial charge in [-0.15, -0.1) is 0 Å². The fourth-order valence-corrected chi connectivity index (χ4v) is 1.88. The van der Waals surface area contributed by atoms with Crippen molar-refractivity contribution in [3.05, 3.63) is 0 Å². The van der Waals surface area contributed by atoms with Gasteiger partial charge in [0.1, 0.15) is 0 Å². The molecule has 0 saturated carbocycles. The number of nitrogens with one attached hydrogen (secondary N) is 2. The number of amides is 1. The summed E-state index contributed by atoms with van der Waals surface area (Å²) in [4.78, 5) is 11.5. The molecule has 1 saturated heterocycles. The van der Waals surface area contributed by atoms with Crippen molar-refractivity contribution >= 4 is 5.91 Å². The monoisotopic (exact) mass is 223 g/mol. The van der Waals surface area contributed by atoms with Gasteiger partial charge in [-0.1, -0.05) is 6.42 Å². The van der Waals surface area contributed by atoms with Crippen molar-refractivity contribution in [2.75, 3.05) is 13.1 Å². The summed E-state index contributed by atoms with van der Waals surface area (Å²) >= 11 is 0. The summed E-state index contributed by atoms with van der Waals surface area (Å²) in [5.74, 6) is -0.0359. The van der Waals surface area contributed by atoms with Gasteiger partial charge in [0.25, 0.3) is 0 Å². The Morgan fingerprint density at radius 1 is 1.62 bits per heavy atom. The fourth-order valence-electron chi connectivity index (χ4n) is 1.88. The third kappa shape index (κ3) is 5.13. The average Bonchev–Trinajstić information content (AvgIpc) is 2.34. The van der Waals surface area contributed by atoms with Gasteiger partial charge < -0.3 is 10.6 Å². The first kappa shape index (κ1) is 13.0. The van der Waals surface area contributed by atoms with Crippen molar-refractivity contribution in [2.45, 2.75) is 45.1 Å². The number of piperidine rings is 1. The van der Waals surface area contributed by atoms with Crippen molar-refractivity contribution in [1.29, 1.82) is 5.26 Å². The lowest BCUT2D eigenvalue weighted by atomic mass is 10.0. The Labute approximate surface area is 97.4 Å². The number of hydrogen-bond acceptors (Lipinski definition) is 3. The van der Waals surface area contributed by atoms with Crippen molar-refractivity contribution in [3.63, 3.8) is 0 Å². The Kier molecular flexibility index (Phi) is 5.87. The molecule has 2 N–H and O–H groups in total. The molecule has 4 heteroatoms. The highest BCUT2D eigenvalue weighted by Crippen LogP contribution is 2.11. The summed E-state index contributed by atoms with van der Waals surface area (Å²) in [5.41, 5.74) is 0. The number of carbonyl (C=O) groups is 1. The van der Waals surface area contributed by atoms with E-state index < -0.39 is 0 Å². The highest BCUT2D eigenvalue weighted by atomic mass is 16.1. The van der Waals surface area contributed by atoms with E-state index in [0.717, 1.165) is 13.0 Å². The molecule has 1 heterocycles. The van der Waals surface area contributed by atoms with E-state index in [1.165, 1.54) is 19.3 Å². The lowest BCUT2D eigenvalue weighted by Crippen LogP contribution is -2.35. The van der Waals surface area contributed by atoms with Gasteiger partial charge in [-0.2, -0.15) is 5.26 Å². The molecule has 0 bridgehead atoms. The smallest absolute Gasteiger partial charge is 0.220 e. The van der Waals surface area contributed by atoms with Crippen LogP contribution in [0.1, 0.15) is 39.0 Å².